The fourth-order valence-electron chi connectivity index (χ4n) is 2.47. The van der Waals surface area contributed by atoms with Crippen molar-refractivity contribution in [2.24, 2.45) is 0 Å². The number of anilines is 1. The second kappa shape index (κ2) is 4.70. The average Bonchev–Trinajstić information content (AvgIpc) is 3.07. The number of amides is 1. The summed E-state index contributed by atoms with van der Waals surface area (Å²) in [6.45, 7) is 2.62. The van der Waals surface area contributed by atoms with E-state index in [0.717, 1.165) is 30.8 Å². The van der Waals surface area contributed by atoms with Crippen molar-refractivity contribution < 1.29 is 9.32 Å². The van der Waals surface area contributed by atoms with Crippen LogP contribution in [-0.4, -0.2) is 22.5 Å². The van der Waals surface area contributed by atoms with E-state index in [1.807, 2.05) is 23.3 Å². The number of carbonyl (C=O) groups is 1. The van der Waals surface area contributed by atoms with Crippen LogP contribution < -0.4 is 5.73 Å². The average molecular weight is 277 g/mol. The Hall–Kier alpha value is -1.82. The van der Waals surface area contributed by atoms with Gasteiger partial charge in [-0.25, -0.2) is 0 Å². The number of aromatic nitrogens is 1. The first kappa shape index (κ1) is 12.2. The summed E-state index contributed by atoms with van der Waals surface area (Å²) >= 11 is 1.38. The van der Waals surface area contributed by atoms with E-state index in [1.165, 1.54) is 11.3 Å². The number of nitrogen functional groups attached to an aromatic ring is 1. The van der Waals surface area contributed by atoms with Gasteiger partial charge in [0.25, 0.3) is 5.91 Å². The Morgan fingerprint density at radius 1 is 1.63 bits per heavy atom. The first-order chi connectivity index (χ1) is 9.16. The number of nitrogens with two attached hydrogens (primary N) is 1. The van der Waals surface area contributed by atoms with Crippen LogP contribution in [0.25, 0.3) is 0 Å². The summed E-state index contributed by atoms with van der Waals surface area (Å²) < 4.78 is 5.30. The summed E-state index contributed by atoms with van der Waals surface area (Å²) in [7, 11) is 0. The van der Waals surface area contributed by atoms with Crippen LogP contribution in [0, 0.1) is 6.92 Å². The van der Waals surface area contributed by atoms with Crippen LogP contribution in [0.2, 0.25) is 0 Å². The third kappa shape index (κ3) is 2.12. The molecular weight excluding hydrogens is 262 g/mol. The number of aryl methyl sites for hydroxylation is 1. The standard InChI is InChI=1S/C13H15N3O2S/c1-8-7-11(18-15-8)10-3-2-5-16(10)13(17)12-9(14)4-6-19-12/h4,6-7,10H,2-3,5,14H2,1H3. The molecule has 3 heterocycles. The zero-order valence-corrected chi connectivity index (χ0v) is 11.4. The molecule has 0 aromatic carbocycles. The van der Waals surface area contributed by atoms with E-state index in [0.29, 0.717) is 10.6 Å². The molecule has 0 aliphatic carbocycles. The van der Waals surface area contributed by atoms with Crippen LogP contribution in [0.5, 0.6) is 0 Å². The summed E-state index contributed by atoms with van der Waals surface area (Å²) in [5.74, 6) is 0.752. The maximum absolute atomic E-state index is 12.5. The number of hydrogen-bond acceptors (Lipinski definition) is 5. The van der Waals surface area contributed by atoms with Crippen LogP contribution >= 0.6 is 11.3 Å². The van der Waals surface area contributed by atoms with E-state index in [1.54, 1.807) is 6.07 Å². The van der Waals surface area contributed by atoms with Crippen molar-refractivity contribution in [1.82, 2.24) is 10.1 Å². The highest BCUT2D eigenvalue weighted by Crippen LogP contribution is 2.35. The van der Waals surface area contributed by atoms with Crippen LogP contribution in [0.4, 0.5) is 5.69 Å². The summed E-state index contributed by atoms with van der Waals surface area (Å²) in [5.41, 5.74) is 7.21. The predicted molar refractivity (Wildman–Crippen MR) is 73.0 cm³/mol. The van der Waals surface area contributed by atoms with Gasteiger partial charge in [0.15, 0.2) is 5.76 Å². The second-order valence-electron chi connectivity index (χ2n) is 4.73. The maximum atomic E-state index is 12.5. The second-order valence-corrected chi connectivity index (χ2v) is 5.65. The smallest absolute Gasteiger partial charge is 0.266 e. The van der Waals surface area contributed by atoms with E-state index in [2.05, 4.69) is 5.16 Å². The molecule has 0 bridgehead atoms. The molecule has 1 fully saturated rings. The first-order valence-electron chi connectivity index (χ1n) is 6.24. The summed E-state index contributed by atoms with van der Waals surface area (Å²) in [4.78, 5) is 15.0. The molecule has 2 N–H and O–H groups in total. The minimum atomic E-state index is -0.0183. The molecule has 2 aromatic heterocycles. The molecule has 1 unspecified atom stereocenters. The SMILES string of the molecule is Cc1cc(C2CCCN2C(=O)c2sccc2N)on1. The first-order valence-corrected chi connectivity index (χ1v) is 7.12. The lowest BCUT2D eigenvalue weighted by Gasteiger charge is -2.22. The minimum absolute atomic E-state index is 0.0101. The molecule has 19 heavy (non-hydrogen) atoms. The summed E-state index contributed by atoms with van der Waals surface area (Å²) in [6, 6.07) is 3.64. The fourth-order valence-corrected chi connectivity index (χ4v) is 3.24. The van der Waals surface area contributed by atoms with E-state index in [9.17, 15) is 4.79 Å². The lowest BCUT2D eigenvalue weighted by molar-refractivity contribution is 0.0720. The number of thiophene rings is 1. The normalized spacial score (nSPS) is 19.0. The Morgan fingerprint density at radius 3 is 3.11 bits per heavy atom. The number of likely N-dealkylation sites (tertiary alicyclic amines) is 1. The Bertz CT molecular complexity index is 605. The van der Waals surface area contributed by atoms with Crippen molar-refractivity contribution in [2.75, 3.05) is 12.3 Å². The van der Waals surface area contributed by atoms with Crippen molar-refractivity contribution in [2.45, 2.75) is 25.8 Å². The van der Waals surface area contributed by atoms with Crippen molar-refractivity contribution in [3.8, 4) is 0 Å². The van der Waals surface area contributed by atoms with Gasteiger partial charge >= 0.3 is 0 Å². The number of rotatable bonds is 2. The Kier molecular flexibility index (Phi) is 3.02. The van der Waals surface area contributed by atoms with Crippen molar-refractivity contribution in [3.63, 3.8) is 0 Å². The van der Waals surface area contributed by atoms with Gasteiger partial charge in [0.1, 0.15) is 4.88 Å². The predicted octanol–water partition coefficient (Wildman–Crippen LogP) is 2.60. The van der Waals surface area contributed by atoms with Gasteiger partial charge in [0.05, 0.1) is 17.4 Å². The maximum Gasteiger partial charge on any atom is 0.266 e. The van der Waals surface area contributed by atoms with Gasteiger partial charge in [-0.2, -0.15) is 0 Å². The number of hydrogen-bond donors (Lipinski definition) is 1. The number of nitrogens with zero attached hydrogens (tertiary/aromatic N) is 2. The Balaban J connectivity index is 1.88. The van der Waals surface area contributed by atoms with Crippen LogP contribution in [0.15, 0.2) is 22.0 Å². The van der Waals surface area contributed by atoms with Gasteiger partial charge < -0.3 is 15.2 Å². The molecule has 100 valence electrons. The lowest BCUT2D eigenvalue weighted by Crippen LogP contribution is -2.30. The quantitative estimate of drug-likeness (QED) is 0.915. The molecule has 0 radical (unpaired) electrons. The number of carbonyl (C=O) groups excluding carboxylic acids is 1. The van der Waals surface area contributed by atoms with Crippen LogP contribution in [-0.2, 0) is 0 Å². The summed E-state index contributed by atoms with van der Waals surface area (Å²) in [5, 5.41) is 5.74. The Labute approximate surface area is 115 Å². The van der Waals surface area contributed by atoms with E-state index in [-0.39, 0.29) is 11.9 Å². The molecule has 2 aromatic rings. The molecule has 5 nitrogen and oxygen atoms in total. The highest BCUT2D eigenvalue weighted by atomic mass is 32.1. The van der Waals surface area contributed by atoms with Gasteiger partial charge in [-0.05, 0) is 31.2 Å². The molecule has 1 aliphatic rings. The molecule has 3 rings (SSSR count). The van der Waals surface area contributed by atoms with Crippen LogP contribution in [0.3, 0.4) is 0 Å². The topological polar surface area (TPSA) is 72.4 Å². The molecule has 1 atom stereocenters. The van der Waals surface area contributed by atoms with Crippen molar-refractivity contribution >= 4 is 22.9 Å². The fraction of sp³-hybridized carbons (Fsp3) is 0.385. The van der Waals surface area contributed by atoms with Gasteiger partial charge in [0.2, 0.25) is 0 Å². The van der Waals surface area contributed by atoms with Crippen LogP contribution in [0.1, 0.15) is 40.0 Å². The highest BCUT2D eigenvalue weighted by Gasteiger charge is 2.34. The van der Waals surface area contributed by atoms with Gasteiger partial charge in [-0.1, -0.05) is 5.16 Å². The molecular formula is C13H15N3O2S. The largest absolute Gasteiger partial charge is 0.397 e. The minimum Gasteiger partial charge on any atom is -0.397 e. The van der Waals surface area contributed by atoms with E-state index >= 15 is 0 Å². The third-order valence-corrected chi connectivity index (χ3v) is 4.30. The summed E-state index contributed by atoms with van der Waals surface area (Å²) in [6.07, 6.45) is 1.88. The molecule has 0 spiro atoms. The molecule has 6 heteroatoms. The van der Waals surface area contributed by atoms with Gasteiger partial charge in [-0.3, -0.25) is 4.79 Å². The third-order valence-electron chi connectivity index (χ3n) is 3.38. The van der Waals surface area contributed by atoms with Crippen molar-refractivity contribution in [1.29, 1.82) is 0 Å². The molecule has 0 saturated carbocycles. The van der Waals surface area contributed by atoms with E-state index < -0.39 is 0 Å². The lowest BCUT2D eigenvalue weighted by atomic mass is 10.1. The molecule has 1 amide bonds. The van der Waals surface area contributed by atoms with Gasteiger partial charge in [0, 0.05) is 12.6 Å². The van der Waals surface area contributed by atoms with E-state index in [4.69, 9.17) is 10.3 Å². The highest BCUT2D eigenvalue weighted by molar-refractivity contribution is 7.12. The zero-order valence-electron chi connectivity index (χ0n) is 10.6. The monoisotopic (exact) mass is 277 g/mol. The molecule has 1 saturated heterocycles. The van der Waals surface area contributed by atoms with Crippen molar-refractivity contribution in [3.05, 3.63) is 33.8 Å². The zero-order chi connectivity index (χ0) is 13.4. The molecule has 1 aliphatic heterocycles. The Morgan fingerprint density at radius 2 is 2.47 bits per heavy atom. The van der Waals surface area contributed by atoms with Gasteiger partial charge in [-0.15, -0.1) is 11.3 Å².